The normalized spacial score (nSPS) is 15.6. The van der Waals surface area contributed by atoms with E-state index < -0.39 is 16.9 Å². The smallest absolute Gasteiger partial charge is 0.119 e. The Morgan fingerprint density at radius 1 is 1.40 bits per heavy atom. The van der Waals surface area contributed by atoms with E-state index in [1.165, 1.54) is 0 Å². The fourth-order valence-corrected chi connectivity index (χ4v) is 2.51. The van der Waals surface area contributed by atoms with Crippen LogP contribution >= 0.6 is 15.9 Å². The predicted molar refractivity (Wildman–Crippen MR) is 86.7 cm³/mol. The molecular weight excluding hydrogens is 342 g/mol. The average Bonchev–Trinajstić information content (AvgIpc) is 2.42. The van der Waals surface area contributed by atoms with Gasteiger partial charge in [0.25, 0.3) is 0 Å². The predicted octanol–water partition coefficient (Wildman–Crippen LogP) is 1.94. The summed E-state index contributed by atoms with van der Waals surface area (Å²) in [6, 6.07) is 7.73. The number of nitrogens with one attached hydrogen (secondary N) is 1. The summed E-state index contributed by atoms with van der Waals surface area (Å²) in [5.41, 5.74) is 0. The van der Waals surface area contributed by atoms with Crippen molar-refractivity contribution in [1.82, 2.24) is 5.32 Å². The van der Waals surface area contributed by atoms with Gasteiger partial charge in [0.1, 0.15) is 18.5 Å². The molecule has 0 heterocycles. The van der Waals surface area contributed by atoms with E-state index in [0.717, 1.165) is 16.6 Å². The van der Waals surface area contributed by atoms with Gasteiger partial charge in [-0.25, -0.2) is 0 Å². The third-order valence-corrected chi connectivity index (χ3v) is 4.14. The Bertz CT molecular complexity index is 413. The zero-order valence-corrected chi connectivity index (χ0v) is 14.2. The van der Waals surface area contributed by atoms with E-state index in [1.807, 2.05) is 31.2 Å². The van der Waals surface area contributed by atoms with E-state index in [4.69, 9.17) is 4.74 Å². The highest BCUT2D eigenvalue weighted by Gasteiger charge is 2.08. The van der Waals surface area contributed by atoms with Crippen LogP contribution in [-0.4, -0.2) is 46.6 Å². The third kappa shape index (κ3) is 7.99. The lowest BCUT2D eigenvalue weighted by molar-refractivity contribution is 0.104. The number of ether oxygens (including phenoxy) is 1. The molecule has 0 fully saturated rings. The van der Waals surface area contributed by atoms with E-state index in [0.29, 0.717) is 12.3 Å². The van der Waals surface area contributed by atoms with Crippen LogP contribution in [0.15, 0.2) is 28.7 Å². The van der Waals surface area contributed by atoms with Gasteiger partial charge >= 0.3 is 0 Å². The second kappa shape index (κ2) is 9.50. The minimum atomic E-state index is -0.762. The minimum Gasteiger partial charge on any atom is -0.491 e. The van der Waals surface area contributed by atoms with Crippen molar-refractivity contribution in [2.45, 2.75) is 25.5 Å². The highest BCUT2D eigenvalue weighted by atomic mass is 79.9. The molecule has 0 bridgehead atoms. The van der Waals surface area contributed by atoms with Crippen molar-refractivity contribution in [3.63, 3.8) is 0 Å². The van der Waals surface area contributed by atoms with E-state index in [2.05, 4.69) is 21.2 Å². The molecule has 0 aromatic heterocycles. The van der Waals surface area contributed by atoms with Crippen molar-refractivity contribution in [2.75, 3.05) is 25.2 Å². The minimum absolute atomic E-state index is 0.237. The van der Waals surface area contributed by atoms with Crippen molar-refractivity contribution in [3.8, 4) is 5.75 Å². The van der Waals surface area contributed by atoms with Crippen LogP contribution < -0.4 is 10.1 Å². The molecule has 0 aliphatic heterocycles. The molecule has 0 radical (unpaired) electrons. The van der Waals surface area contributed by atoms with Gasteiger partial charge in [-0.05, 0) is 37.6 Å². The summed E-state index contributed by atoms with van der Waals surface area (Å²) in [4.78, 5) is 0. The maximum Gasteiger partial charge on any atom is 0.119 e. The van der Waals surface area contributed by atoms with Crippen LogP contribution in [0.1, 0.15) is 13.3 Å². The molecule has 1 aromatic carbocycles. The molecule has 0 amide bonds. The van der Waals surface area contributed by atoms with E-state index in [1.54, 1.807) is 6.26 Å². The summed E-state index contributed by atoms with van der Waals surface area (Å²) in [6.45, 7) is 2.74. The van der Waals surface area contributed by atoms with E-state index in [9.17, 15) is 9.32 Å². The van der Waals surface area contributed by atoms with Gasteiger partial charge in [-0.1, -0.05) is 15.9 Å². The topological polar surface area (TPSA) is 58.6 Å². The first kappa shape index (κ1) is 17.6. The Balaban J connectivity index is 2.18. The molecule has 2 N–H and O–H groups in total. The molecule has 1 rings (SSSR count). The van der Waals surface area contributed by atoms with Gasteiger partial charge in [0, 0.05) is 39.9 Å². The number of hydrogen-bond donors (Lipinski definition) is 2. The number of benzene rings is 1. The number of hydrogen-bond acceptors (Lipinski definition) is 4. The Morgan fingerprint density at radius 3 is 2.65 bits per heavy atom. The molecule has 0 aliphatic rings. The fourth-order valence-electron chi connectivity index (χ4n) is 1.56. The second-order valence-electron chi connectivity index (χ2n) is 4.79. The monoisotopic (exact) mass is 363 g/mol. The van der Waals surface area contributed by atoms with Crippen LogP contribution in [0.4, 0.5) is 0 Å². The second-order valence-corrected chi connectivity index (χ2v) is 7.26. The summed E-state index contributed by atoms with van der Waals surface area (Å²) >= 11 is 3.35. The molecule has 1 aromatic rings. The maximum absolute atomic E-state index is 11.0. The van der Waals surface area contributed by atoms with Gasteiger partial charge in [0.15, 0.2) is 0 Å². The van der Waals surface area contributed by atoms with Gasteiger partial charge in [0.2, 0.25) is 0 Å². The zero-order valence-electron chi connectivity index (χ0n) is 11.8. The molecule has 3 unspecified atom stereocenters. The van der Waals surface area contributed by atoms with Crippen LogP contribution in [0.25, 0.3) is 0 Å². The Labute approximate surface area is 131 Å². The molecule has 0 saturated heterocycles. The maximum atomic E-state index is 11.0. The van der Waals surface area contributed by atoms with Crippen molar-refractivity contribution in [3.05, 3.63) is 28.7 Å². The lowest BCUT2D eigenvalue weighted by Gasteiger charge is -2.17. The molecule has 0 aliphatic carbocycles. The lowest BCUT2D eigenvalue weighted by Crippen LogP contribution is -2.37. The van der Waals surface area contributed by atoms with Crippen LogP contribution in [-0.2, 0) is 10.8 Å². The summed E-state index contributed by atoms with van der Waals surface area (Å²) in [6.07, 6.45) is 1.98. The fraction of sp³-hybridized carbons (Fsp3) is 0.571. The standard InChI is InChI=1S/C14H22BrNO3S/c1-11(7-8-20(2)18)16-9-13(17)10-19-14-5-3-12(15)4-6-14/h3-6,11,13,16-17H,7-10H2,1-2H3. The van der Waals surface area contributed by atoms with Gasteiger partial charge in [0.05, 0.1) is 0 Å². The quantitative estimate of drug-likeness (QED) is 0.703. The van der Waals surface area contributed by atoms with Crippen molar-refractivity contribution in [1.29, 1.82) is 0 Å². The van der Waals surface area contributed by atoms with E-state index >= 15 is 0 Å². The highest BCUT2D eigenvalue weighted by Crippen LogP contribution is 2.16. The summed E-state index contributed by atoms with van der Waals surface area (Å²) in [5.74, 6) is 1.42. The summed E-state index contributed by atoms with van der Waals surface area (Å²) in [7, 11) is -0.762. The Morgan fingerprint density at radius 2 is 2.05 bits per heavy atom. The van der Waals surface area contributed by atoms with Crippen molar-refractivity contribution >= 4 is 26.7 Å². The third-order valence-electron chi connectivity index (χ3n) is 2.80. The average molecular weight is 364 g/mol. The van der Waals surface area contributed by atoms with Gasteiger partial charge in [-0.2, -0.15) is 0 Å². The molecule has 20 heavy (non-hydrogen) atoms. The van der Waals surface area contributed by atoms with Gasteiger partial charge < -0.3 is 15.2 Å². The number of halogens is 1. The first-order valence-corrected chi connectivity index (χ1v) is 9.09. The van der Waals surface area contributed by atoms with Crippen molar-refractivity contribution in [2.24, 2.45) is 0 Å². The largest absolute Gasteiger partial charge is 0.491 e. The lowest BCUT2D eigenvalue weighted by atomic mass is 10.2. The molecule has 6 heteroatoms. The highest BCUT2D eigenvalue weighted by molar-refractivity contribution is 9.10. The Hall–Kier alpha value is -0.430. The van der Waals surface area contributed by atoms with Crippen LogP contribution in [0, 0.1) is 0 Å². The summed E-state index contributed by atoms with van der Waals surface area (Å²) < 4.78 is 17.5. The SMILES string of the molecule is CC(CCS(C)=O)NCC(O)COc1ccc(Br)cc1. The Kier molecular flexibility index (Phi) is 8.37. The van der Waals surface area contributed by atoms with Gasteiger partial charge in [-0.3, -0.25) is 4.21 Å². The molecule has 4 nitrogen and oxygen atoms in total. The first-order valence-electron chi connectivity index (χ1n) is 6.57. The van der Waals surface area contributed by atoms with Crippen LogP contribution in [0.5, 0.6) is 5.75 Å². The first-order chi connectivity index (χ1) is 9.47. The number of rotatable bonds is 9. The molecule has 0 spiro atoms. The summed E-state index contributed by atoms with van der Waals surface area (Å²) in [5, 5.41) is 13.0. The number of aliphatic hydroxyl groups is 1. The zero-order chi connectivity index (χ0) is 15.0. The van der Waals surface area contributed by atoms with Crippen LogP contribution in [0.3, 0.4) is 0 Å². The molecule has 3 atom stereocenters. The molecule has 114 valence electrons. The van der Waals surface area contributed by atoms with Gasteiger partial charge in [-0.15, -0.1) is 0 Å². The van der Waals surface area contributed by atoms with Crippen LogP contribution in [0.2, 0.25) is 0 Å². The van der Waals surface area contributed by atoms with E-state index in [-0.39, 0.29) is 12.6 Å². The van der Waals surface area contributed by atoms with Crippen molar-refractivity contribution < 1.29 is 14.1 Å². The molecule has 0 saturated carbocycles. The molecular formula is C14H22BrNO3S. The number of aliphatic hydroxyl groups excluding tert-OH is 1.